The van der Waals surface area contributed by atoms with E-state index in [2.05, 4.69) is 30.1 Å². The molecule has 0 atom stereocenters. The van der Waals surface area contributed by atoms with Crippen LogP contribution in [0.5, 0.6) is 0 Å². The van der Waals surface area contributed by atoms with Crippen molar-refractivity contribution < 1.29 is 4.79 Å². The average Bonchev–Trinajstić information content (AvgIpc) is 3.14. The van der Waals surface area contributed by atoms with E-state index in [9.17, 15) is 9.59 Å². The van der Waals surface area contributed by atoms with Crippen molar-refractivity contribution in [2.45, 2.75) is 26.8 Å². The summed E-state index contributed by atoms with van der Waals surface area (Å²) in [5.74, 6) is 0.0693. The van der Waals surface area contributed by atoms with Crippen LogP contribution in [0.2, 0.25) is 0 Å². The molecular weight excluding hydrogens is 396 g/mol. The summed E-state index contributed by atoms with van der Waals surface area (Å²) in [5.41, 5.74) is 3.56. The number of H-pyrrole nitrogens is 1. The zero-order valence-electron chi connectivity index (χ0n) is 17.6. The average molecular weight is 420 g/mol. The van der Waals surface area contributed by atoms with Gasteiger partial charge in [0.15, 0.2) is 6.19 Å². The van der Waals surface area contributed by atoms with Crippen LogP contribution in [0.3, 0.4) is 0 Å². The highest BCUT2D eigenvalue weighted by Gasteiger charge is 2.21. The first-order valence-electron chi connectivity index (χ1n) is 10.2. The number of aryl methyl sites for hydroxylation is 2. The maximum absolute atomic E-state index is 12.0. The number of pyridine rings is 1. The van der Waals surface area contributed by atoms with Gasteiger partial charge in [-0.1, -0.05) is 6.92 Å². The summed E-state index contributed by atoms with van der Waals surface area (Å²) in [5, 5.41) is 10.7. The van der Waals surface area contributed by atoms with E-state index in [4.69, 9.17) is 5.26 Å². The number of nitrogens with zero attached hydrogens (tertiary/aromatic N) is 6. The van der Waals surface area contributed by atoms with Gasteiger partial charge in [-0.2, -0.15) is 5.26 Å². The smallest absolute Gasteiger partial charge is 0.282 e. The van der Waals surface area contributed by atoms with Crippen molar-refractivity contribution >= 4 is 17.4 Å². The van der Waals surface area contributed by atoms with E-state index in [0.29, 0.717) is 18.7 Å². The molecule has 0 radical (unpaired) electrons. The second kappa shape index (κ2) is 8.57. The van der Waals surface area contributed by atoms with Gasteiger partial charge in [-0.05, 0) is 25.5 Å². The maximum atomic E-state index is 12.0. The van der Waals surface area contributed by atoms with E-state index in [-0.39, 0.29) is 11.3 Å². The van der Waals surface area contributed by atoms with Crippen molar-refractivity contribution in [1.29, 1.82) is 5.26 Å². The van der Waals surface area contributed by atoms with Crippen molar-refractivity contribution in [1.82, 2.24) is 29.6 Å². The normalized spacial score (nSPS) is 14.5. The summed E-state index contributed by atoms with van der Waals surface area (Å²) in [6, 6.07) is 3.53. The summed E-state index contributed by atoms with van der Waals surface area (Å²) >= 11 is 0. The minimum atomic E-state index is -0.498. The van der Waals surface area contributed by atoms with Gasteiger partial charge in [-0.3, -0.25) is 29.2 Å². The minimum Gasteiger partial charge on any atom is -0.368 e. The molecule has 1 amide bonds. The lowest BCUT2D eigenvalue weighted by Gasteiger charge is -2.36. The molecule has 0 saturated carbocycles. The quantitative estimate of drug-likeness (QED) is 0.463. The fourth-order valence-electron chi connectivity index (χ4n) is 3.88. The van der Waals surface area contributed by atoms with Gasteiger partial charge >= 0.3 is 0 Å². The van der Waals surface area contributed by atoms with Crippen LogP contribution in [-0.2, 0) is 13.0 Å². The van der Waals surface area contributed by atoms with Crippen LogP contribution in [0.4, 0.5) is 5.69 Å². The van der Waals surface area contributed by atoms with Gasteiger partial charge in [0, 0.05) is 50.7 Å². The number of hydrogen-bond donors (Lipinski definition) is 2. The number of aromatic amines is 1. The molecular formula is C21H24N8O2. The van der Waals surface area contributed by atoms with E-state index in [0.717, 1.165) is 48.8 Å². The van der Waals surface area contributed by atoms with E-state index in [1.165, 1.54) is 0 Å². The van der Waals surface area contributed by atoms with Crippen LogP contribution >= 0.6 is 0 Å². The predicted octanol–water partition coefficient (Wildman–Crippen LogP) is 0.821. The van der Waals surface area contributed by atoms with Crippen LogP contribution in [0.15, 0.2) is 29.3 Å². The second-order valence-corrected chi connectivity index (χ2v) is 7.56. The molecule has 31 heavy (non-hydrogen) atoms. The first kappa shape index (κ1) is 20.6. The molecule has 10 heteroatoms. The molecule has 1 saturated heterocycles. The number of nitrogens with one attached hydrogen (secondary N) is 2. The molecule has 0 unspecified atom stereocenters. The summed E-state index contributed by atoms with van der Waals surface area (Å²) in [7, 11) is 0. The molecule has 0 bridgehead atoms. The second-order valence-electron chi connectivity index (χ2n) is 7.56. The Morgan fingerprint density at radius 2 is 2.00 bits per heavy atom. The topological polar surface area (TPSA) is 122 Å². The third-order valence-electron chi connectivity index (χ3n) is 5.53. The molecule has 4 rings (SSSR count). The van der Waals surface area contributed by atoms with Gasteiger partial charge < -0.3 is 4.90 Å². The number of hydrogen-bond acceptors (Lipinski definition) is 7. The molecule has 1 aliphatic rings. The number of fused-ring (bicyclic) bond motifs is 1. The van der Waals surface area contributed by atoms with Crippen molar-refractivity contribution in [3.8, 4) is 6.19 Å². The van der Waals surface area contributed by atoms with Gasteiger partial charge in [0.2, 0.25) is 5.78 Å². The van der Waals surface area contributed by atoms with Crippen LogP contribution < -0.4 is 15.8 Å². The number of amides is 1. The Labute approximate surface area is 179 Å². The Kier molecular flexibility index (Phi) is 5.68. The van der Waals surface area contributed by atoms with Crippen LogP contribution in [0.25, 0.3) is 5.78 Å². The first-order chi connectivity index (χ1) is 15.0. The SMILES string of the molecule is CCc1cn2cc(CN3CCN(c4ccc(C(=O)NC#N)nc4C)CC3)nc2[nH]c1=O. The van der Waals surface area contributed by atoms with Gasteiger partial charge in [-0.15, -0.1) is 0 Å². The van der Waals surface area contributed by atoms with Crippen LogP contribution in [0.1, 0.15) is 34.4 Å². The molecule has 1 aliphatic heterocycles. The number of imidazole rings is 1. The summed E-state index contributed by atoms with van der Waals surface area (Å²) in [6.07, 6.45) is 6.12. The number of carbonyl (C=O) groups excluding carboxylic acids is 1. The Hall–Kier alpha value is -3.71. The van der Waals surface area contributed by atoms with Crippen molar-refractivity contribution in [2.75, 3.05) is 31.1 Å². The third-order valence-corrected chi connectivity index (χ3v) is 5.53. The van der Waals surface area contributed by atoms with Gasteiger partial charge in [0.25, 0.3) is 11.5 Å². The molecule has 0 aromatic carbocycles. The third kappa shape index (κ3) is 4.27. The lowest BCUT2D eigenvalue weighted by molar-refractivity contribution is 0.0968. The molecule has 0 spiro atoms. The monoisotopic (exact) mass is 420 g/mol. The molecule has 4 heterocycles. The zero-order chi connectivity index (χ0) is 22.0. The van der Waals surface area contributed by atoms with E-state index >= 15 is 0 Å². The highest BCUT2D eigenvalue weighted by atomic mass is 16.1. The van der Waals surface area contributed by atoms with E-state index in [1.54, 1.807) is 12.3 Å². The predicted molar refractivity (Wildman–Crippen MR) is 115 cm³/mol. The molecule has 1 fully saturated rings. The first-order valence-corrected chi connectivity index (χ1v) is 10.2. The molecule has 3 aromatic rings. The number of aromatic nitrogens is 4. The molecule has 0 aliphatic carbocycles. The van der Waals surface area contributed by atoms with Crippen LogP contribution in [-0.4, -0.2) is 56.3 Å². The standard InChI is InChI=1S/C21H24N8O2/c1-3-15-10-29-12-16(25-21(29)26-19(15)30)11-27-6-8-28(9-7-27)18-5-4-17(24-14(18)2)20(31)23-13-22/h4-5,10,12H,3,6-9,11H2,1-2H3,(H,23,31)(H,25,26,30). The summed E-state index contributed by atoms with van der Waals surface area (Å²) < 4.78 is 1.88. The minimum absolute atomic E-state index is 0.0825. The number of piperazine rings is 1. The molecule has 3 aromatic heterocycles. The summed E-state index contributed by atoms with van der Waals surface area (Å²) in [4.78, 5) is 40.1. The molecule has 10 nitrogen and oxygen atoms in total. The summed E-state index contributed by atoms with van der Waals surface area (Å²) in [6.45, 7) is 7.92. The molecule has 2 N–H and O–H groups in total. The fraction of sp³-hybridized carbons (Fsp3) is 0.381. The highest BCUT2D eigenvalue weighted by molar-refractivity contribution is 5.93. The van der Waals surface area contributed by atoms with Crippen LogP contribution in [0, 0.1) is 18.4 Å². The molecule has 160 valence electrons. The lowest BCUT2D eigenvalue weighted by Crippen LogP contribution is -2.46. The zero-order valence-corrected chi connectivity index (χ0v) is 17.6. The van der Waals surface area contributed by atoms with Gasteiger partial charge in [0.05, 0.1) is 17.1 Å². The lowest BCUT2D eigenvalue weighted by atomic mass is 10.2. The Morgan fingerprint density at radius 1 is 1.23 bits per heavy atom. The maximum Gasteiger partial charge on any atom is 0.282 e. The highest BCUT2D eigenvalue weighted by Crippen LogP contribution is 2.21. The largest absolute Gasteiger partial charge is 0.368 e. The number of anilines is 1. The Bertz CT molecular complexity index is 1210. The Balaban J connectivity index is 1.40. The number of nitriles is 1. The Morgan fingerprint density at radius 3 is 2.68 bits per heavy atom. The fourth-order valence-corrected chi connectivity index (χ4v) is 3.88. The van der Waals surface area contributed by atoms with Gasteiger partial charge in [0.1, 0.15) is 5.69 Å². The van der Waals surface area contributed by atoms with E-state index < -0.39 is 5.91 Å². The van der Waals surface area contributed by atoms with Crippen molar-refractivity contribution in [3.05, 3.63) is 57.5 Å². The number of rotatable bonds is 5. The van der Waals surface area contributed by atoms with Gasteiger partial charge in [-0.25, -0.2) is 9.97 Å². The van der Waals surface area contributed by atoms with Crippen molar-refractivity contribution in [2.24, 2.45) is 0 Å². The van der Waals surface area contributed by atoms with E-state index in [1.807, 2.05) is 36.7 Å². The number of carbonyl (C=O) groups is 1. The van der Waals surface area contributed by atoms with Crippen molar-refractivity contribution in [3.63, 3.8) is 0 Å².